The van der Waals surface area contributed by atoms with Crippen LogP contribution in [-0.4, -0.2) is 51.0 Å². The van der Waals surface area contributed by atoms with Gasteiger partial charge in [0.15, 0.2) is 0 Å². The van der Waals surface area contributed by atoms with Crippen LogP contribution in [0.2, 0.25) is 5.15 Å². The number of carbonyl (C=O) groups excluding carboxylic acids is 1. The van der Waals surface area contributed by atoms with Gasteiger partial charge in [0.2, 0.25) is 0 Å². The number of pyridine rings is 1. The first-order valence-electron chi connectivity index (χ1n) is 7.16. The number of hydrogen-bond donors (Lipinski definition) is 2. The topological polar surface area (TPSA) is 82.9 Å². The van der Waals surface area contributed by atoms with Gasteiger partial charge in [-0.3, -0.25) is 4.90 Å². The normalized spacial score (nSPS) is 14.3. The molecule has 0 fully saturated rings. The lowest BCUT2D eigenvalue weighted by Gasteiger charge is -2.35. The van der Waals surface area contributed by atoms with Crippen LogP contribution in [0.15, 0.2) is 16.7 Å². The highest BCUT2D eigenvalue weighted by atomic mass is 79.9. The summed E-state index contributed by atoms with van der Waals surface area (Å²) in [4.78, 5) is 17.7. The summed E-state index contributed by atoms with van der Waals surface area (Å²) in [5, 5.41) is 19.7. The zero-order chi connectivity index (χ0) is 17.8. The largest absolute Gasteiger partial charge is 0.444 e. The van der Waals surface area contributed by atoms with E-state index in [1.807, 2.05) is 0 Å². The highest BCUT2D eigenvalue weighted by molar-refractivity contribution is 9.10. The molecule has 0 aliphatic heterocycles. The number of aliphatic hydroxyl groups is 2. The molecule has 1 rings (SSSR count). The average molecular weight is 410 g/mol. The van der Waals surface area contributed by atoms with Gasteiger partial charge in [0.05, 0.1) is 18.8 Å². The van der Waals surface area contributed by atoms with E-state index in [9.17, 15) is 15.0 Å². The number of nitrogens with zero attached hydrogens (tertiary/aromatic N) is 2. The molecule has 0 aromatic carbocycles. The highest BCUT2D eigenvalue weighted by Crippen LogP contribution is 2.29. The summed E-state index contributed by atoms with van der Waals surface area (Å²) in [5.41, 5.74) is -0.101. The van der Waals surface area contributed by atoms with Crippen molar-refractivity contribution in [3.8, 4) is 0 Å². The summed E-state index contributed by atoms with van der Waals surface area (Å²) in [6, 6.07) is 2.50. The molecule has 2 N–H and O–H groups in total. The van der Waals surface area contributed by atoms with Crippen molar-refractivity contribution in [2.75, 3.05) is 13.2 Å². The molecule has 1 heterocycles. The molecular weight excluding hydrogens is 388 g/mol. The van der Waals surface area contributed by atoms with Crippen molar-refractivity contribution in [2.24, 2.45) is 0 Å². The first-order chi connectivity index (χ1) is 10.5. The van der Waals surface area contributed by atoms with Crippen molar-refractivity contribution in [3.05, 3.63) is 27.5 Å². The van der Waals surface area contributed by atoms with Crippen molar-refractivity contribution >= 4 is 33.6 Å². The first kappa shape index (κ1) is 20.2. The fraction of sp³-hybridized carbons (Fsp3) is 0.600. The number of ether oxygens (including phenoxy) is 1. The summed E-state index contributed by atoms with van der Waals surface area (Å²) in [5.74, 6) is 0. The van der Waals surface area contributed by atoms with Gasteiger partial charge in [0.1, 0.15) is 15.4 Å². The summed E-state index contributed by atoms with van der Waals surface area (Å²) in [6.45, 7) is 6.56. The fourth-order valence-electron chi connectivity index (χ4n) is 2.15. The third-order valence-corrected chi connectivity index (χ3v) is 3.49. The van der Waals surface area contributed by atoms with Gasteiger partial charge in [-0.15, -0.1) is 0 Å². The van der Waals surface area contributed by atoms with Gasteiger partial charge in [0.25, 0.3) is 0 Å². The number of aromatic nitrogens is 1. The molecule has 23 heavy (non-hydrogen) atoms. The molecule has 2 atom stereocenters. The predicted molar refractivity (Wildman–Crippen MR) is 91.4 cm³/mol. The van der Waals surface area contributed by atoms with E-state index in [1.54, 1.807) is 39.8 Å². The molecule has 0 radical (unpaired) electrons. The number of carbonyl (C=O) groups is 1. The lowest BCUT2D eigenvalue weighted by Crippen LogP contribution is -2.44. The molecule has 6 nitrogen and oxygen atoms in total. The Labute approximate surface area is 149 Å². The van der Waals surface area contributed by atoms with Crippen LogP contribution in [0.1, 0.15) is 39.3 Å². The lowest BCUT2D eigenvalue weighted by atomic mass is 10.0. The smallest absolute Gasteiger partial charge is 0.410 e. The monoisotopic (exact) mass is 408 g/mol. The van der Waals surface area contributed by atoms with Crippen LogP contribution in [0.4, 0.5) is 4.79 Å². The number of halogens is 2. The Morgan fingerprint density at radius 3 is 2.52 bits per heavy atom. The second-order valence-corrected chi connectivity index (χ2v) is 7.33. The number of amides is 1. The van der Waals surface area contributed by atoms with Gasteiger partial charge in [-0.1, -0.05) is 11.6 Å². The van der Waals surface area contributed by atoms with Crippen LogP contribution in [0.5, 0.6) is 0 Å². The van der Waals surface area contributed by atoms with E-state index in [0.29, 0.717) is 10.2 Å². The number of hydrogen-bond acceptors (Lipinski definition) is 5. The molecule has 8 heteroatoms. The Balaban J connectivity index is 3.23. The summed E-state index contributed by atoms with van der Waals surface area (Å²) in [6.07, 6.45) is -1.53. The van der Waals surface area contributed by atoms with Crippen molar-refractivity contribution in [1.82, 2.24) is 9.88 Å². The van der Waals surface area contributed by atoms with Gasteiger partial charge in [-0.05, 0) is 61.3 Å². The Kier molecular flexibility index (Phi) is 7.26. The van der Waals surface area contributed by atoms with Crippen LogP contribution in [0.3, 0.4) is 0 Å². The molecule has 1 amide bonds. The van der Waals surface area contributed by atoms with Gasteiger partial charge in [-0.25, -0.2) is 9.78 Å². The maximum absolute atomic E-state index is 12.5. The molecule has 0 unspecified atom stereocenters. The van der Waals surface area contributed by atoms with Crippen molar-refractivity contribution in [3.63, 3.8) is 0 Å². The van der Waals surface area contributed by atoms with E-state index in [2.05, 4.69) is 20.9 Å². The van der Waals surface area contributed by atoms with Gasteiger partial charge >= 0.3 is 6.09 Å². The number of aliphatic hydroxyl groups excluding tert-OH is 2. The molecule has 0 saturated heterocycles. The van der Waals surface area contributed by atoms with Crippen molar-refractivity contribution in [1.29, 1.82) is 0 Å². The Morgan fingerprint density at radius 2 is 2.09 bits per heavy atom. The molecule has 0 bridgehead atoms. The van der Waals surface area contributed by atoms with Crippen LogP contribution in [0.25, 0.3) is 0 Å². The van der Waals surface area contributed by atoms with Gasteiger partial charge in [-0.2, -0.15) is 0 Å². The molecule has 0 aliphatic carbocycles. The third-order valence-electron chi connectivity index (χ3n) is 2.89. The molecule has 1 aromatic rings. The summed E-state index contributed by atoms with van der Waals surface area (Å²) < 4.78 is 5.85. The fourth-order valence-corrected chi connectivity index (χ4v) is 2.92. The van der Waals surface area contributed by atoms with Crippen molar-refractivity contribution < 1.29 is 19.7 Å². The van der Waals surface area contributed by atoms with E-state index >= 15 is 0 Å². The van der Waals surface area contributed by atoms with Gasteiger partial charge in [0, 0.05) is 6.54 Å². The molecule has 1 aromatic heterocycles. The molecule has 130 valence electrons. The van der Waals surface area contributed by atoms with Gasteiger partial charge < -0.3 is 14.9 Å². The van der Waals surface area contributed by atoms with E-state index in [4.69, 9.17) is 16.3 Å². The average Bonchev–Trinajstić information content (AvgIpc) is 2.34. The minimum absolute atomic E-state index is 0.0159. The summed E-state index contributed by atoms with van der Waals surface area (Å²) in [7, 11) is 0. The molecular formula is C15H22BrClN2O4. The van der Waals surface area contributed by atoms with Crippen LogP contribution >= 0.6 is 27.5 Å². The third kappa shape index (κ3) is 6.25. The minimum atomic E-state index is -0.903. The van der Waals surface area contributed by atoms with Crippen LogP contribution in [0, 0.1) is 0 Å². The Hall–Kier alpha value is -0.890. The van der Waals surface area contributed by atoms with E-state index in [1.165, 1.54) is 4.90 Å². The molecule has 0 aliphatic rings. The lowest BCUT2D eigenvalue weighted by molar-refractivity contribution is -0.00773. The molecule has 0 spiro atoms. The molecule has 0 saturated carbocycles. The van der Waals surface area contributed by atoms with E-state index in [0.717, 1.165) is 0 Å². The highest BCUT2D eigenvalue weighted by Gasteiger charge is 2.32. The Morgan fingerprint density at radius 1 is 1.48 bits per heavy atom. The first-order valence-corrected chi connectivity index (χ1v) is 8.34. The second-order valence-electron chi connectivity index (χ2n) is 6.13. The maximum Gasteiger partial charge on any atom is 0.410 e. The minimum Gasteiger partial charge on any atom is -0.444 e. The SMILES string of the molecule is C[C@H](O)[C@@H](c1cc(Cl)nc(Br)c1)N(CCO)C(=O)OC(C)(C)C. The number of rotatable bonds is 5. The predicted octanol–water partition coefficient (Wildman–Crippen LogP) is 3.15. The zero-order valence-electron chi connectivity index (χ0n) is 13.6. The van der Waals surface area contributed by atoms with Crippen LogP contribution in [-0.2, 0) is 4.74 Å². The zero-order valence-corrected chi connectivity index (χ0v) is 15.9. The van der Waals surface area contributed by atoms with Crippen LogP contribution < -0.4 is 0 Å². The van der Waals surface area contributed by atoms with E-state index < -0.39 is 23.8 Å². The standard InChI is InChI=1S/C15H22BrClN2O4/c1-9(21)13(10-7-11(16)18-12(17)8-10)19(5-6-20)14(22)23-15(2,3)4/h7-9,13,20-21H,5-6H2,1-4H3/t9-,13-/m0/s1. The van der Waals surface area contributed by atoms with Crippen molar-refractivity contribution in [2.45, 2.75) is 45.4 Å². The second kappa shape index (κ2) is 8.28. The maximum atomic E-state index is 12.5. The quantitative estimate of drug-likeness (QED) is 0.730. The Bertz CT molecular complexity index is 529. The van der Waals surface area contributed by atoms with E-state index in [-0.39, 0.29) is 18.3 Å². The summed E-state index contributed by atoms with van der Waals surface area (Å²) >= 11 is 9.20.